The molecule has 13 rings (SSSR count). The van der Waals surface area contributed by atoms with E-state index in [2.05, 4.69) is 263 Å². The Kier molecular flexibility index (Phi) is 8.13. The molecule has 0 bridgehead atoms. The highest BCUT2D eigenvalue weighted by Crippen LogP contribution is 2.57. The maximum absolute atomic E-state index is 2.46. The van der Waals surface area contributed by atoms with Crippen molar-refractivity contribution < 1.29 is 0 Å². The summed E-state index contributed by atoms with van der Waals surface area (Å²) in [5.74, 6) is 0. The summed E-state index contributed by atoms with van der Waals surface area (Å²) in [6.45, 7) is 0. The molecule has 0 radical (unpaired) electrons. The molecule has 1 aliphatic carbocycles. The molecule has 0 unspecified atom stereocenters. The molecule has 0 fully saturated rings. The van der Waals surface area contributed by atoms with E-state index in [1.807, 2.05) is 0 Å². The number of fused-ring (bicyclic) bond motifs is 9. The van der Waals surface area contributed by atoms with Crippen LogP contribution in [0.1, 0.15) is 22.3 Å². The lowest BCUT2D eigenvalue weighted by Crippen LogP contribution is -2.28. The smallest absolute Gasteiger partial charge is 0.0788 e. The average Bonchev–Trinajstić information content (AvgIpc) is 4.04. The molecular formula is C61H41N3. The first-order valence-corrected chi connectivity index (χ1v) is 22.1. The number of anilines is 3. The summed E-state index contributed by atoms with van der Waals surface area (Å²) in [5, 5.41) is 6.12. The Labute approximate surface area is 372 Å². The number of nitrogens with zero attached hydrogens (tertiary/aromatic N) is 3. The van der Waals surface area contributed by atoms with Crippen LogP contribution in [-0.4, -0.2) is 9.13 Å². The highest BCUT2D eigenvalue weighted by atomic mass is 15.1. The van der Waals surface area contributed by atoms with Crippen LogP contribution in [0.4, 0.5) is 17.1 Å². The van der Waals surface area contributed by atoms with E-state index in [9.17, 15) is 0 Å². The molecule has 0 N–H and O–H groups in total. The number of hydrogen-bond acceptors (Lipinski definition) is 1. The van der Waals surface area contributed by atoms with Crippen LogP contribution in [0.5, 0.6) is 0 Å². The molecule has 0 aliphatic heterocycles. The van der Waals surface area contributed by atoms with Gasteiger partial charge in [-0.3, -0.25) is 0 Å². The Morgan fingerprint density at radius 1 is 0.344 bits per heavy atom. The Morgan fingerprint density at radius 3 is 1.72 bits per heavy atom. The maximum Gasteiger partial charge on any atom is 0.0788 e. The summed E-state index contributed by atoms with van der Waals surface area (Å²) in [7, 11) is 0. The van der Waals surface area contributed by atoms with Gasteiger partial charge in [0.2, 0.25) is 0 Å². The summed E-state index contributed by atoms with van der Waals surface area (Å²) in [4.78, 5) is 2.43. The van der Waals surface area contributed by atoms with Crippen LogP contribution in [0.15, 0.2) is 249 Å². The Hall–Kier alpha value is -8.40. The first-order chi connectivity index (χ1) is 31.8. The molecule has 3 heteroatoms. The van der Waals surface area contributed by atoms with E-state index in [1.165, 1.54) is 76.9 Å². The molecule has 300 valence electrons. The SMILES string of the molecule is c1ccc(-n2c3ccccc3c3ccc4ccn(-c5ccc(N(c6ccc7c(c6)C(c6ccccc6)(c6ccccc6)c6ccccc6-7)c6ccc7ccccc7c6)cc5)c4c32)cc1. The van der Waals surface area contributed by atoms with Gasteiger partial charge in [-0.2, -0.15) is 0 Å². The van der Waals surface area contributed by atoms with Crippen LogP contribution in [0, 0.1) is 0 Å². The van der Waals surface area contributed by atoms with E-state index in [0.29, 0.717) is 0 Å². The zero-order valence-electron chi connectivity index (χ0n) is 35.0. The second-order valence-electron chi connectivity index (χ2n) is 16.9. The molecule has 0 atom stereocenters. The van der Waals surface area contributed by atoms with Gasteiger partial charge in [-0.1, -0.05) is 170 Å². The van der Waals surface area contributed by atoms with E-state index < -0.39 is 5.41 Å². The van der Waals surface area contributed by atoms with E-state index in [4.69, 9.17) is 0 Å². The van der Waals surface area contributed by atoms with Crippen molar-refractivity contribution in [3.05, 3.63) is 271 Å². The number of para-hydroxylation sites is 2. The fourth-order valence-electron chi connectivity index (χ4n) is 10.8. The maximum atomic E-state index is 2.46. The van der Waals surface area contributed by atoms with Gasteiger partial charge >= 0.3 is 0 Å². The summed E-state index contributed by atoms with van der Waals surface area (Å²) >= 11 is 0. The largest absolute Gasteiger partial charge is 0.315 e. The lowest BCUT2D eigenvalue weighted by Gasteiger charge is -2.35. The lowest BCUT2D eigenvalue weighted by molar-refractivity contribution is 0.768. The molecular weight excluding hydrogens is 775 g/mol. The van der Waals surface area contributed by atoms with Gasteiger partial charge < -0.3 is 14.0 Å². The van der Waals surface area contributed by atoms with Crippen LogP contribution >= 0.6 is 0 Å². The Morgan fingerprint density at radius 2 is 0.938 bits per heavy atom. The Bertz CT molecular complexity index is 3670. The van der Waals surface area contributed by atoms with Gasteiger partial charge in [-0.15, -0.1) is 0 Å². The van der Waals surface area contributed by atoms with E-state index >= 15 is 0 Å². The predicted molar refractivity (Wildman–Crippen MR) is 267 cm³/mol. The van der Waals surface area contributed by atoms with Crippen molar-refractivity contribution in [1.29, 1.82) is 0 Å². The number of rotatable bonds is 7. The minimum atomic E-state index is -0.508. The van der Waals surface area contributed by atoms with Crippen LogP contribution in [0.25, 0.3) is 66.0 Å². The minimum absolute atomic E-state index is 0.508. The summed E-state index contributed by atoms with van der Waals surface area (Å²) in [6.07, 6.45) is 2.22. The van der Waals surface area contributed by atoms with Crippen LogP contribution in [0.2, 0.25) is 0 Å². The van der Waals surface area contributed by atoms with Gasteiger partial charge in [0.1, 0.15) is 0 Å². The lowest BCUT2D eigenvalue weighted by atomic mass is 9.67. The van der Waals surface area contributed by atoms with Crippen molar-refractivity contribution in [2.45, 2.75) is 5.41 Å². The first kappa shape index (κ1) is 36.3. The van der Waals surface area contributed by atoms with Crippen molar-refractivity contribution in [1.82, 2.24) is 9.13 Å². The molecule has 1 aliphatic rings. The molecule has 0 saturated heterocycles. The van der Waals surface area contributed by atoms with Crippen LogP contribution < -0.4 is 4.90 Å². The molecule has 10 aromatic carbocycles. The standard InChI is InChI=1S/C61H41N3/c1-4-18-45(19-5-1)61(46-20-6-2-7-21-46)56-26-14-12-24-52(56)53-37-35-51(41-57(53)61)63(50-30-28-42-16-10-11-17-44(42)40-50)49-33-31-47(32-34-49)62-39-38-43-29-36-55-54-25-13-15-27-58(54)64(60(55)59(43)62)48-22-8-3-9-23-48/h1-41H. The summed E-state index contributed by atoms with van der Waals surface area (Å²) in [5.41, 5.74) is 16.3. The van der Waals surface area contributed by atoms with E-state index in [1.54, 1.807) is 0 Å². The molecule has 0 amide bonds. The van der Waals surface area contributed by atoms with Crippen LogP contribution in [-0.2, 0) is 5.41 Å². The van der Waals surface area contributed by atoms with E-state index in [-0.39, 0.29) is 0 Å². The second kappa shape index (κ2) is 14.3. The first-order valence-electron chi connectivity index (χ1n) is 22.1. The quantitative estimate of drug-likeness (QED) is 0.156. The van der Waals surface area contributed by atoms with Crippen molar-refractivity contribution in [3.63, 3.8) is 0 Å². The Balaban J connectivity index is 1.01. The highest BCUT2D eigenvalue weighted by molar-refractivity contribution is 6.18. The van der Waals surface area contributed by atoms with Crippen molar-refractivity contribution in [2.24, 2.45) is 0 Å². The highest BCUT2D eigenvalue weighted by Gasteiger charge is 2.46. The fraction of sp³-hybridized carbons (Fsp3) is 0.0164. The topological polar surface area (TPSA) is 13.1 Å². The number of benzene rings is 10. The van der Waals surface area contributed by atoms with Gasteiger partial charge in [0.25, 0.3) is 0 Å². The molecule has 3 nitrogen and oxygen atoms in total. The minimum Gasteiger partial charge on any atom is -0.315 e. The van der Waals surface area contributed by atoms with Crippen molar-refractivity contribution >= 4 is 60.5 Å². The van der Waals surface area contributed by atoms with Gasteiger partial charge in [-0.05, 0) is 117 Å². The normalized spacial score (nSPS) is 12.8. The second-order valence-corrected chi connectivity index (χ2v) is 16.9. The van der Waals surface area contributed by atoms with Crippen molar-refractivity contribution in [2.75, 3.05) is 4.90 Å². The van der Waals surface area contributed by atoms with Gasteiger partial charge in [0.15, 0.2) is 0 Å². The third kappa shape index (κ3) is 5.34. The molecule has 64 heavy (non-hydrogen) atoms. The van der Waals surface area contributed by atoms with Gasteiger partial charge in [0, 0.05) is 50.8 Å². The summed E-state index contributed by atoms with van der Waals surface area (Å²) in [6, 6.07) is 89.1. The zero-order valence-corrected chi connectivity index (χ0v) is 35.0. The molecule has 12 aromatic rings. The number of hydrogen-bond donors (Lipinski definition) is 0. The van der Waals surface area contributed by atoms with Gasteiger partial charge in [-0.25, -0.2) is 0 Å². The zero-order chi connectivity index (χ0) is 42.2. The van der Waals surface area contributed by atoms with Crippen molar-refractivity contribution in [3.8, 4) is 22.5 Å². The average molecular weight is 816 g/mol. The van der Waals surface area contributed by atoms with Gasteiger partial charge in [0.05, 0.1) is 22.0 Å². The third-order valence-electron chi connectivity index (χ3n) is 13.6. The molecule has 2 aromatic heterocycles. The fourth-order valence-corrected chi connectivity index (χ4v) is 10.8. The predicted octanol–water partition coefficient (Wildman–Crippen LogP) is 15.7. The molecule has 0 spiro atoms. The van der Waals surface area contributed by atoms with Crippen LogP contribution in [0.3, 0.4) is 0 Å². The van der Waals surface area contributed by atoms with E-state index in [0.717, 1.165) is 28.4 Å². The third-order valence-corrected chi connectivity index (χ3v) is 13.6. The molecule has 0 saturated carbocycles. The summed E-state index contributed by atoms with van der Waals surface area (Å²) < 4.78 is 4.79. The number of aromatic nitrogens is 2. The monoisotopic (exact) mass is 815 g/mol. The molecule has 2 heterocycles.